The third-order valence-corrected chi connectivity index (χ3v) is 4.23. The van der Waals surface area contributed by atoms with Crippen molar-refractivity contribution in [2.75, 3.05) is 6.54 Å². The second-order valence-electron chi connectivity index (χ2n) is 5.98. The van der Waals surface area contributed by atoms with Crippen molar-refractivity contribution >= 4 is 0 Å². The predicted molar refractivity (Wildman–Crippen MR) is 75.5 cm³/mol. The Hall–Kier alpha value is -0.860. The van der Waals surface area contributed by atoms with Gasteiger partial charge >= 0.3 is 0 Å². The fourth-order valence-electron chi connectivity index (χ4n) is 3.12. The molecule has 1 aliphatic heterocycles. The van der Waals surface area contributed by atoms with Crippen LogP contribution in [0.5, 0.6) is 0 Å². The molecule has 1 aliphatic rings. The zero-order valence-electron chi connectivity index (χ0n) is 11.9. The average molecular weight is 247 g/mol. The first kappa shape index (κ1) is 13.6. The van der Waals surface area contributed by atoms with Gasteiger partial charge in [0.2, 0.25) is 0 Å². The summed E-state index contributed by atoms with van der Waals surface area (Å²) in [5, 5.41) is 10.5. The van der Waals surface area contributed by atoms with Gasteiger partial charge in [-0.3, -0.25) is 4.90 Å². The minimum absolute atomic E-state index is 0.188. The van der Waals surface area contributed by atoms with Crippen LogP contribution in [-0.2, 0) is 0 Å². The van der Waals surface area contributed by atoms with Crippen LogP contribution in [0.4, 0.5) is 0 Å². The number of aryl methyl sites for hydroxylation is 1. The van der Waals surface area contributed by atoms with Crippen molar-refractivity contribution in [1.29, 1.82) is 0 Å². The zero-order valence-corrected chi connectivity index (χ0v) is 11.9. The topological polar surface area (TPSA) is 23.5 Å². The molecule has 4 unspecified atom stereocenters. The van der Waals surface area contributed by atoms with Gasteiger partial charge in [-0.1, -0.05) is 36.8 Å². The van der Waals surface area contributed by atoms with Crippen molar-refractivity contribution in [2.45, 2.75) is 52.3 Å². The van der Waals surface area contributed by atoms with Gasteiger partial charge in [0.25, 0.3) is 0 Å². The first-order valence-electron chi connectivity index (χ1n) is 6.99. The van der Waals surface area contributed by atoms with Gasteiger partial charge in [0.05, 0.1) is 6.10 Å². The molecule has 0 aromatic heterocycles. The molecule has 0 spiro atoms. The Kier molecular flexibility index (Phi) is 4.08. The Morgan fingerprint density at radius 2 is 1.83 bits per heavy atom. The van der Waals surface area contributed by atoms with E-state index in [1.165, 1.54) is 12.0 Å². The molecule has 1 aromatic rings. The van der Waals surface area contributed by atoms with Gasteiger partial charge in [-0.15, -0.1) is 0 Å². The van der Waals surface area contributed by atoms with Crippen molar-refractivity contribution in [3.8, 4) is 0 Å². The molecule has 0 saturated carbocycles. The summed E-state index contributed by atoms with van der Waals surface area (Å²) >= 11 is 0. The number of hydrogen-bond donors (Lipinski definition) is 1. The molecule has 0 aliphatic carbocycles. The number of benzene rings is 1. The molecule has 18 heavy (non-hydrogen) atoms. The molecule has 2 heteroatoms. The molecule has 2 rings (SSSR count). The van der Waals surface area contributed by atoms with E-state index >= 15 is 0 Å². The zero-order chi connectivity index (χ0) is 13.3. The maximum absolute atomic E-state index is 10.5. The molecule has 0 radical (unpaired) electrons. The average Bonchev–Trinajstić information content (AvgIpc) is 2.67. The summed E-state index contributed by atoms with van der Waals surface area (Å²) in [5.41, 5.74) is 2.27. The predicted octanol–water partition coefficient (Wildman–Crippen LogP) is 3.15. The molecular formula is C16H25NO. The minimum atomic E-state index is -0.390. The third-order valence-electron chi connectivity index (χ3n) is 4.23. The fourth-order valence-corrected chi connectivity index (χ4v) is 3.12. The SMILES string of the molecule is Cc1ccc(C(O)C(C)N2CC(C)CC2C)cc1. The smallest absolute Gasteiger partial charge is 0.0942 e. The second-order valence-corrected chi connectivity index (χ2v) is 5.98. The number of nitrogens with zero attached hydrogens (tertiary/aromatic N) is 1. The lowest BCUT2D eigenvalue weighted by Crippen LogP contribution is -2.39. The molecule has 1 fully saturated rings. The quantitative estimate of drug-likeness (QED) is 0.887. The number of aliphatic hydroxyl groups is 1. The number of aliphatic hydroxyl groups excluding tert-OH is 1. The van der Waals surface area contributed by atoms with Gasteiger partial charge in [-0.05, 0) is 38.7 Å². The Balaban J connectivity index is 2.08. The van der Waals surface area contributed by atoms with Gasteiger partial charge in [-0.2, -0.15) is 0 Å². The lowest BCUT2D eigenvalue weighted by atomic mass is 10.0. The van der Waals surface area contributed by atoms with Gasteiger partial charge in [-0.25, -0.2) is 0 Å². The Labute approximate surface area is 111 Å². The van der Waals surface area contributed by atoms with E-state index in [0.717, 1.165) is 18.0 Å². The molecular weight excluding hydrogens is 222 g/mol. The summed E-state index contributed by atoms with van der Waals surface area (Å²) in [5.74, 6) is 0.743. The van der Waals surface area contributed by atoms with E-state index in [-0.39, 0.29) is 6.04 Å². The van der Waals surface area contributed by atoms with E-state index < -0.39 is 6.10 Å². The van der Waals surface area contributed by atoms with E-state index in [1.54, 1.807) is 0 Å². The number of rotatable bonds is 3. The monoisotopic (exact) mass is 247 g/mol. The summed E-state index contributed by atoms with van der Waals surface area (Å²) in [6.45, 7) is 9.87. The maximum atomic E-state index is 10.5. The van der Waals surface area contributed by atoms with Crippen LogP contribution in [-0.4, -0.2) is 28.6 Å². The normalized spacial score (nSPS) is 28.3. The summed E-state index contributed by atoms with van der Waals surface area (Å²) in [6.07, 6.45) is 0.851. The lowest BCUT2D eigenvalue weighted by Gasteiger charge is -2.32. The highest BCUT2D eigenvalue weighted by molar-refractivity contribution is 5.24. The summed E-state index contributed by atoms with van der Waals surface area (Å²) in [6, 6.07) is 8.99. The summed E-state index contributed by atoms with van der Waals surface area (Å²) in [4.78, 5) is 2.44. The van der Waals surface area contributed by atoms with Crippen LogP contribution in [0.2, 0.25) is 0 Å². The highest BCUT2D eigenvalue weighted by atomic mass is 16.3. The molecule has 1 saturated heterocycles. The van der Waals surface area contributed by atoms with Crippen LogP contribution in [0.3, 0.4) is 0 Å². The van der Waals surface area contributed by atoms with Crippen LogP contribution in [0.15, 0.2) is 24.3 Å². The Bertz CT molecular complexity index is 387. The minimum Gasteiger partial charge on any atom is -0.387 e. The molecule has 1 heterocycles. The number of likely N-dealkylation sites (tertiary alicyclic amines) is 1. The highest BCUT2D eigenvalue weighted by Crippen LogP contribution is 2.30. The molecule has 1 N–H and O–H groups in total. The molecule has 1 aromatic carbocycles. The third kappa shape index (κ3) is 2.76. The maximum Gasteiger partial charge on any atom is 0.0942 e. The van der Waals surface area contributed by atoms with Crippen molar-refractivity contribution in [1.82, 2.24) is 4.90 Å². The van der Waals surface area contributed by atoms with Gasteiger partial charge in [0.15, 0.2) is 0 Å². The molecule has 100 valence electrons. The van der Waals surface area contributed by atoms with Crippen LogP contribution in [0.25, 0.3) is 0 Å². The van der Waals surface area contributed by atoms with E-state index in [0.29, 0.717) is 6.04 Å². The molecule has 4 atom stereocenters. The Morgan fingerprint density at radius 1 is 1.22 bits per heavy atom. The highest BCUT2D eigenvalue weighted by Gasteiger charge is 2.33. The lowest BCUT2D eigenvalue weighted by molar-refractivity contribution is 0.0530. The summed E-state index contributed by atoms with van der Waals surface area (Å²) in [7, 11) is 0. The van der Waals surface area contributed by atoms with E-state index in [2.05, 4.69) is 44.7 Å². The fraction of sp³-hybridized carbons (Fsp3) is 0.625. The molecule has 0 amide bonds. The van der Waals surface area contributed by atoms with Crippen LogP contribution >= 0.6 is 0 Å². The van der Waals surface area contributed by atoms with Crippen LogP contribution in [0.1, 0.15) is 44.4 Å². The standard InChI is InChI=1S/C16H25NO/c1-11-5-7-15(8-6-11)16(18)14(4)17-10-12(2)9-13(17)3/h5-8,12-14,16,18H,9-10H2,1-4H3. The van der Waals surface area contributed by atoms with Crippen LogP contribution in [0, 0.1) is 12.8 Å². The molecule has 2 nitrogen and oxygen atoms in total. The first-order valence-corrected chi connectivity index (χ1v) is 6.99. The first-order chi connectivity index (χ1) is 8.49. The van der Waals surface area contributed by atoms with Crippen molar-refractivity contribution in [2.24, 2.45) is 5.92 Å². The second kappa shape index (κ2) is 5.41. The Morgan fingerprint density at radius 3 is 2.33 bits per heavy atom. The van der Waals surface area contributed by atoms with Gasteiger partial charge in [0.1, 0.15) is 0 Å². The van der Waals surface area contributed by atoms with E-state index in [4.69, 9.17) is 0 Å². The van der Waals surface area contributed by atoms with Crippen LogP contribution < -0.4 is 0 Å². The van der Waals surface area contributed by atoms with Gasteiger partial charge in [0, 0.05) is 18.6 Å². The van der Waals surface area contributed by atoms with Crippen molar-refractivity contribution < 1.29 is 5.11 Å². The van der Waals surface area contributed by atoms with E-state index in [1.807, 2.05) is 12.1 Å². The number of hydrogen-bond acceptors (Lipinski definition) is 2. The van der Waals surface area contributed by atoms with E-state index in [9.17, 15) is 5.11 Å². The largest absolute Gasteiger partial charge is 0.387 e. The van der Waals surface area contributed by atoms with Crippen molar-refractivity contribution in [3.63, 3.8) is 0 Å². The summed E-state index contributed by atoms with van der Waals surface area (Å²) < 4.78 is 0. The van der Waals surface area contributed by atoms with Gasteiger partial charge < -0.3 is 5.11 Å². The molecule has 0 bridgehead atoms. The van der Waals surface area contributed by atoms with Crippen molar-refractivity contribution in [3.05, 3.63) is 35.4 Å².